The van der Waals surface area contributed by atoms with Gasteiger partial charge in [0.1, 0.15) is 47.5 Å². The number of H-pyrrole nitrogens is 1. The number of aromatic amines is 1. The molecule has 9 nitrogen and oxygen atoms in total. The number of ether oxygens (including phenoxy) is 1. The molecule has 0 unspecified atom stereocenters. The number of fused-ring (bicyclic) bond motifs is 3. The number of imidazole rings is 2. The topological polar surface area (TPSA) is 99.3 Å². The van der Waals surface area contributed by atoms with Gasteiger partial charge in [0.25, 0.3) is 0 Å². The van der Waals surface area contributed by atoms with Gasteiger partial charge in [-0.15, -0.1) is 0 Å². The predicted octanol–water partition coefficient (Wildman–Crippen LogP) is 3.37. The van der Waals surface area contributed by atoms with Crippen LogP contribution < -0.4 is 4.74 Å². The quantitative estimate of drug-likeness (QED) is 0.432. The minimum Gasteiger partial charge on any atom is -0.491 e. The molecule has 1 N–H and O–H groups in total. The molecule has 0 saturated heterocycles. The van der Waals surface area contributed by atoms with Crippen molar-refractivity contribution in [3.05, 3.63) is 78.5 Å². The van der Waals surface area contributed by atoms with Crippen LogP contribution in [0.15, 0.2) is 55.4 Å². The van der Waals surface area contributed by atoms with Gasteiger partial charge in [0.15, 0.2) is 11.6 Å². The molecule has 34 heavy (non-hydrogen) atoms. The van der Waals surface area contributed by atoms with E-state index in [-0.39, 0.29) is 5.69 Å². The number of nitrogens with zero attached hydrogens (tertiary/aromatic N) is 7. The first-order chi connectivity index (χ1) is 16.7. The molecular weight excluding hydrogens is 442 g/mol. The second kappa shape index (κ2) is 8.18. The van der Waals surface area contributed by atoms with E-state index >= 15 is 0 Å². The Kier molecular flexibility index (Phi) is 4.86. The molecule has 0 saturated carbocycles. The Morgan fingerprint density at radius 2 is 2.00 bits per heavy atom. The summed E-state index contributed by atoms with van der Waals surface area (Å²) >= 11 is 0. The number of hydrogen-bond acceptors (Lipinski definition) is 6. The fraction of sp³-hybridized carbons (Fsp3) is 0.174. The Hall–Kier alpha value is -4.41. The Balaban J connectivity index is 1.34. The smallest absolute Gasteiger partial charge is 0.183 e. The summed E-state index contributed by atoms with van der Waals surface area (Å²) in [5, 5.41) is 4.12. The van der Waals surface area contributed by atoms with Crippen LogP contribution in [0.4, 0.5) is 8.78 Å². The summed E-state index contributed by atoms with van der Waals surface area (Å²) in [6, 6.07) is 5.24. The number of nitrogens with one attached hydrogen (secondary N) is 1. The highest BCUT2D eigenvalue weighted by molar-refractivity contribution is 5.68. The normalized spacial score (nSPS) is 12.6. The third kappa shape index (κ3) is 3.60. The maximum Gasteiger partial charge on any atom is 0.183 e. The first-order valence-electron chi connectivity index (χ1n) is 10.7. The van der Waals surface area contributed by atoms with Crippen molar-refractivity contribution in [1.82, 2.24) is 39.3 Å². The van der Waals surface area contributed by atoms with Crippen molar-refractivity contribution < 1.29 is 13.5 Å². The number of halogens is 2. The summed E-state index contributed by atoms with van der Waals surface area (Å²) < 4.78 is 37.0. The van der Waals surface area contributed by atoms with Crippen molar-refractivity contribution in [2.24, 2.45) is 0 Å². The second-order valence-electron chi connectivity index (χ2n) is 7.79. The molecule has 170 valence electrons. The van der Waals surface area contributed by atoms with Gasteiger partial charge < -0.3 is 14.3 Å². The van der Waals surface area contributed by atoms with Gasteiger partial charge in [0.2, 0.25) is 0 Å². The zero-order valence-corrected chi connectivity index (χ0v) is 17.8. The van der Waals surface area contributed by atoms with E-state index in [4.69, 9.17) is 9.72 Å². The van der Waals surface area contributed by atoms with Crippen molar-refractivity contribution in [1.29, 1.82) is 0 Å². The molecule has 0 bridgehead atoms. The molecule has 1 aliphatic heterocycles. The van der Waals surface area contributed by atoms with Crippen LogP contribution in [-0.4, -0.2) is 45.9 Å². The maximum atomic E-state index is 14.4. The van der Waals surface area contributed by atoms with E-state index in [0.717, 1.165) is 36.0 Å². The number of hydrogen-bond donors (Lipinski definition) is 1. The summed E-state index contributed by atoms with van der Waals surface area (Å²) in [7, 11) is 0. The monoisotopic (exact) mass is 460 g/mol. The number of benzene rings is 1. The van der Waals surface area contributed by atoms with Gasteiger partial charge in [0.05, 0.1) is 12.1 Å². The van der Waals surface area contributed by atoms with Crippen LogP contribution >= 0.6 is 0 Å². The zero-order valence-electron chi connectivity index (χ0n) is 17.8. The van der Waals surface area contributed by atoms with Gasteiger partial charge in [-0.05, 0) is 18.6 Å². The molecule has 11 heteroatoms. The third-order valence-electron chi connectivity index (χ3n) is 5.62. The largest absolute Gasteiger partial charge is 0.491 e. The highest BCUT2D eigenvalue weighted by Gasteiger charge is 2.23. The molecule has 0 atom stereocenters. The molecule has 0 radical (unpaired) electrons. The zero-order chi connectivity index (χ0) is 23.1. The second-order valence-corrected chi connectivity index (χ2v) is 7.79. The molecule has 6 rings (SSSR count). The van der Waals surface area contributed by atoms with Crippen molar-refractivity contribution >= 4 is 0 Å². The molecule has 1 aromatic carbocycles. The van der Waals surface area contributed by atoms with E-state index in [1.807, 2.05) is 16.8 Å². The van der Waals surface area contributed by atoms with Crippen molar-refractivity contribution in [3.8, 4) is 34.3 Å². The van der Waals surface area contributed by atoms with Crippen LogP contribution in [0.1, 0.15) is 11.5 Å². The summed E-state index contributed by atoms with van der Waals surface area (Å²) in [6.07, 6.45) is 9.87. The van der Waals surface area contributed by atoms with Crippen LogP contribution in [0.3, 0.4) is 0 Å². The molecule has 5 aromatic rings. The van der Waals surface area contributed by atoms with Crippen molar-refractivity contribution in [2.45, 2.75) is 19.4 Å². The Morgan fingerprint density at radius 1 is 1.06 bits per heavy atom. The summed E-state index contributed by atoms with van der Waals surface area (Å²) in [5.41, 5.74) is 2.24. The fourth-order valence-corrected chi connectivity index (χ4v) is 3.99. The minimum atomic E-state index is -0.738. The lowest BCUT2D eigenvalue weighted by Gasteiger charge is -2.08. The fourth-order valence-electron chi connectivity index (χ4n) is 3.99. The number of rotatable bonds is 5. The van der Waals surface area contributed by atoms with E-state index < -0.39 is 11.6 Å². The third-order valence-corrected chi connectivity index (χ3v) is 5.62. The molecule has 0 spiro atoms. The van der Waals surface area contributed by atoms with Gasteiger partial charge in [-0.2, -0.15) is 5.10 Å². The van der Waals surface area contributed by atoms with Crippen LogP contribution in [-0.2, 0) is 19.4 Å². The molecular formula is C23H18F2N8O. The number of aryl methyl sites for hydroxylation is 2. The SMILES string of the molecule is Fc1ccc(-n2ncnc2-c2cn3c(n2)-c2cnc(CCc4ncc[nH]4)cc2OCC3)c(F)c1. The molecule has 0 fully saturated rings. The molecule has 4 aromatic heterocycles. The van der Waals surface area contributed by atoms with Gasteiger partial charge in [-0.25, -0.2) is 28.4 Å². The standard InChI is InChI=1S/C23H18F2N8O/c24-14-1-3-19(17(25)9-14)33-23(29-13-30-33)18-12-32-7-8-34-20-10-15(2-4-21-26-5-6-27-21)28-11-16(20)22(32)31-18/h1,3,5-6,9-13H,2,4,7-8H2,(H,26,27). The average Bonchev–Trinajstić information content (AvgIpc) is 3.58. The summed E-state index contributed by atoms with van der Waals surface area (Å²) in [4.78, 5) is 21.0. The lowest BCUT2D eigenvalue weighted by Crippen LogP contribution is -2.05. The first kappa shape index (κ1) is 20.2. The van der Waals surface area contributed by atoms with Gasteiger partial charge in [-0.1, -0.05) is 0 Å². The maximum absolute atomic E-state index is 14.4. The molecule has 5 heterocycles. The van der Waals surface area contributed by atoms with E-state index in [2.05, 4.69) is 25.0 Å². The van der Waals surface area contributed by atoms with Crippen LogP contribution in [0.5, 0.6) is 5.75 Å². The first-order valence-corrected chi connectivity index (χ1v) is 10.7. The van der Waals surface area contributed by atoms with Crippen LogP contribution in [0.2, 0.25) is 0 Å². The molecule has 0 amide bonds. The van der Waals surface area contributed by atoms with Crippen LogP contribution in [0.25, 0.3) is 28.6 Å². The highest BCUT2D eigenvalue weighted by atomic mass is 19.1. The van der Waals surface area contributed by atoms with Crippen molar-refractivity contribution in [2.75, 3.05) is 6.61 Å². The van der Waals surface area contributed by atoms with E-state index in [1.54, 1.807) is 18.6 Å². The summed E-state index contributed by atoms with van der Waals surface area (Å²) in [5.74, 6) is 1.21. The van der Waals surface area contributed by atoms with Gasteiger partial charge in [0, 0.05) is 49.0 Å². The Morgan fingerprint density at radius 3 is 2.85 bits per heavy atom. The lowest BCUT2D eigenvalue weighted by atomic mass is 10.1. The highest BCUT2D eigenvalue weighted by Crippen LogP contribution is 2.34. The van der Waals surface area contributed by atoms with Gasteiger partial charge in [-0.3, -0.25) is 4.98 Å². The molecule has 1 aliphatic rings. The average molecular weight is 460 g/mol. The summed E-state index contributed by atoms with van der Waals surface area (Å²) in [6.45, 7) is 1.02. The van der Waals surface area contributed by atoms with Gasteiger partial charge >= 0.3 is 0 Å². The van der Waals surface area contributed by atoms with Crippen molar-refractivity contribution in [3.63, 3.8) is 0 Å². The van der Waals surface area contributed by atoms with Crippen LogP contribution in [0, 0.1) is 11.6 Å². The number of pyridine rings is 1. The minimum absolute atomic E-state index is 0.0868. The lowest BCUT2D eigenvalue weighted by molar-refractivity contribution is 0.306. The Bertz CT molecular complexity index is 1470. The number of aromatic nitrogens is 8. The Labute approximate surface area is 192 Å². The molecule has 0 aliphatic carbocycles. The predicted molar refractivity (Wildman–Crippen MR) is 117 cm³/mol. The van der Waals surface area contributed by atoms with E-state index in [1.165, 1.54) is 23.1 Å². The van der Waals surface area contributed by atoms with E-state index in [9.17, 15) is 8.78 Å². The van der Waals surface area contributed by atoms with E-state index in [0.29, 0.717) is 36.2 Å².